The summed E-state index contributed by atoms with van der Waals surface area (Å²) < 4.78 is 6.76. The van der Waals surface area contributed by atoms with Gasteiger partial charge >= 0.3 is 0 Å². The molecule has 1 aliphatic heterocycles. The van der Waals surface area contributed by atoms with Crippen molar-refractivity contribution in [3.8, 4) is 5.69 Å². The van der Waals surface area contributed by atoms with Crippen molar-refractivity contribution in [2.45, 2.75) is 196 Å². The second-order valence-corrected chi connectivity index (χ2v) is 28.5. The topological polar surface area (TPSA) is 43.3 Å². The van der Waals surface area contributed by atoms with Gasteiger partial charge in [0, 0.05) is 44.8 Å². The van der Waals surface area contributed by atoms with Crippen molar-refractivity contribution >= 4 is 67.8 Å². The van der Waals surface area contributed by atoms with E-state index in [4.69, 9.17) is 9.97 Å². The molecule has 0 N–H and O–H groups in total. The van der Waals surface area contributed by atoms with Gasteiger partial charge in [0.1, 0.15) is 18.4 Å². The maximum absolute atomic E-state index is 4.76. The molecular formula is C74H92Au2N6-2. The summed E-state index contributed by atoms with van der Waals surface area (Å²) in [5.74, 6) is 1.70. The van der Waals surface area contributed by atoms with Crippen LogP contribution in [-0.4, -0.2) is 34.6 Å². The van der Waals surface area contributed by atoms with E-state index in [1.54, 1.807) is 0 Å². The number of anilines is 1. The van der Waals surface area contributed by atoms with Crippen molar-refractivity contribution in [2.24, 2.45) is 7.05 Å². The molecule has 4 heterocycles. The standard InChI is InChI=1S/C34H44N4.2C20H24N.2Au/c1-21(2)25-13-11-14-26(22(3)4)33(25)37-19-35(9)29-17-30-32(18-31(29)37)38(20-36(30)10)34-27(23(5)6)15-12-16-28(34)24(7)8;2*1-19(2,3)13-7-9-17-15(11-13)16-12-14(20(4,5)6)8-10-18(16)21-17;;/h11-18,21-24,29,31H,1-10H3;2*7-12H,1-6H3;;/q;2*-1;;. The Hall–Kier alpha value is -5.18. The Bertz CT molecular complexity index is 3610. The van der Waals surface area contributed by atoms with E-state index in [2.05, 4.69) is 305 Å². The van der Waals surface area contributed by atoms with Crippen LogP contribution in [0.5, 0.6) is 0 Å². The SMILES string of the molecule is CC(C)(C)c1ccc2[n-]c3ccc(C(C)(C)C)cc3c2c1.CC(C)(C)c1ccc2[n-]c3ccc(C(C)(C)C)cc3c2c1.CC(C)c1cccc(C(C)C)c1N1[C-]=[N+](C)C2C=c3c(n(-c4c(C(C)C)cccc4C(C)C)[c-][n+]3C)=CC21.[Au].[Au]. The molecule has 3 aromatic heterocycles. The van der Waals surface area contributed by atoms with Crippen LogP contribution >= 0.6 is 0 Å². The zero-order valence-electron chi connectivity index (χ0n) is 53.3. The van der Waals surface area contributed by atoms with E-state index < -0.39 is 0 Å². The Morgan fingerprint density at radius 2 is 0.756 bits per heavy atom. The summed E-state index contributed by atoms with van der Waals surface area (Å²) >= 11 is 0. The summed E-state index contributed by atoms with van der Waals surface area (Å²) in [5.41, 5.74) is 18.6. The predicted molar refractivity (Wildman–Crippen MR) is 342 cm³/mol. The van der Waals surface area contributed by atoms with Crippen LogP contribution in [-0.2, 0) is 73.5 Å². The van der Waals surface area contributed by atoms with Gasteiger partial charge in [-0.1, -0.05) is 259 Å². The van der Waals surface area contributed by atoms with Crippen LogP contribution in [0.1, 0.15) is 207 Å². The van der Waals surface area contributed by atoms with Crippen LogP contribution in [0.4, 0.5) is 5.69 Å². The van der Waals surface area contributed by atoms with Gasteiger partial charge in [-0.3, -0.25) is 0 Å². The van der Waals surface area contributed by atoms with E-state index in [9.17, 15) is 0 Å². The molecule has 442 valence electrons. The van der Waals surface area contributed by atoms with Crippen LogP contribution in [0, 0.1) is 6.33 Å². The molecule has 2 unspecified atom stereocenters. The summed E-state index contributed by atoms with van der Waals surface area (Å²) in [6, 6.07) is 40.7. The van der Waals surface area contributed by atoms with Crippen molar-refractivity contribution in [3.05, 3.63) is 171 Å². The summed E-state index contributed by atoms with van der Waals surface area (Å²) in [7, 11) is 4.28. The fourth-order valence-corrected chi connectivity index (χ4v) is 11.7. The van der Waals surface area contributed by atoms with E-state index in [-0.39, 0.29) is 78.5 Å². The van der Waals surface area contributed by atoms with E-state index in [1.807, 2.05) is 0 Å². The summed E-state index contributed by atoms with van der Waals surface area (Å²) in [5, 5.41) is 7.56. The molecule has 0 saturated carbocycles. The first kappa shape index (κ1) is 64.4. The molecule has 11 rings (SSSR count). The van der Waals surface area contributed by atoms with Gasteiger partial charge in [-0.25, -0.2) is 0 Å². The quantitative estimate of drug-likeness (QED) is 0.0947. The molecule has 6 aromatic carbocycles. The number of imidazole rings is 1. The first-order valence-electron chi connectivity index (χ1n) is 29.6. The molecule has 0 saturated heterocycles. The van der Waals surface area contributed by atoms with Gasteiger partial charge in [0.05, 0.1) is 30.5 Å². The number of aryl methyl sites for hydroxylation is 1. The maximum atomic E-state index is 4.76. The number of para-hydroxylation sites is 2. The molecule has 0 spiro atoms. The molecule has 0 bridgehead atoms. The molecule has 9 aromatic rings. The third-order valence-corrected chi connectivity index (χ3v) is 16.8. The Kier molecular flexibility index (Phi) is 18.9. The summed E-state index contributed by atoms with van der Waals surface area (Å²) in [6.45, 7) is 45.4. The molecule has 2 atom stereocenters. The average Bonchev–Trinajstić information content (AvgIpc) is 3.64. The van der Waals surface area contributed by atoms with Crippen molar-refractivity contribution < 1.29 is 53.9 Å². The fraction of sp³-hybridized carbons (Fsp3) is 0.432. The minimum atomic E-state index is 0. The van der Waals surface area contributed by atoms with Gasteiger partial charge in [-0.05, 0) is 118 Å². The van der Waals surface area contributed by atoms with Crippen LogP contribution in [0.2, 0.25) is 0 Å². The molecule has 0 amide bonds. The third-order valence-electron chi connectivity index (χ3n) is 16.8. The number of hydrogen-bond acceptors (Lipinski definition) is 1. The second kappa shape index (κ2) is 24.1. The fourth-order valence-electron chi connectivity index (χ4n) is 11.7. The molecule has 82 heavy (non-hydrogen) atoms. The van der Waals surface area contributed by atoms with Crippen molar-refractivity contribution in [2.75, 3.05) is 11.9 Å². The molecule has 1 aliphatic carbocycles. The summed E-state index contributed by atoms with van der Waals surface area (Å²) in [6.07, 6.45) is 12.3. The van der Waals surface area contributed by atoms with Crippen LogP contribution < -0.4 is 30.1 Å². The minimum absolute atomic E-state index is 0. The monoisotopic (exact) mass is 1460 g/mol. The van der Waals surface area contributed by atoms with Crippen molar-refractivity contribution in [3.63, 3.8) is 0 Å². The van der Waals surface area contributed by atoms with Crippen molar-refractivity contribution in [1.82, 2.24) is 14.5 Å². The predicted octanol–water partition coefficient (Wildman–Crippen LogP) is 16.1. The minimum Gasteiger partial charge on any atom is -0.657 e. The normalized spacial score (nSPS) is 15.4. The number of rotatable bonds is 6. The number of fused-ring (bicyclic) bond motifs is 8. The molecule has 2 radical (unpaired) electrons. The first-order valence-corrected chi connectivity index (χ1v) is 29.6. The van der Waals surface area contributed by atoms with E-state index in [0.717, 1.165) is 22.1 Å². The van der Waals surface area contributed by atoms with Gasteiger partial charge in [0.15, 0.2) is 0 Å². The number of aromatic nitrogens is 4. The van der Waals surface area contributed by atoms with E-state index in [1.165, 1.54) is 88.1 Å². The van der Waals surface area contributed by atoms with Crippen molar-refractivity contribution in [1.29, 1.82) is 0 Å². The maximum Gasteiger partial charge on any atom is 0.244 e. The molecular weight excluding hydrogens is 1370 g/mol. The number of likely N-dealkylation sites (N-methyl/N-ethyl adjacent to an activating group) is 1. The Morgan fingerprint density at radius 1 is 0.439 bits per heavy atom. The molecule has 6 nitrogen and oxygen atoms in total. The van der Waals surface area contributed by atoms with E-state index >= 15 is 0 Å². The molecule has 0 fully saturated rings. The first-order chi connectivity index (χ1) is 37.3. The second-order valence-electron chi connectivity index (χ2n) is 28.5. The molecule has 8 heteroatoms. The van der Waals surface area contributed by atoms with Gasteiger partial charge < -0.3 is 28.6 Å². The number of hydrogen-bond donors (Lipinski definition) is 0. The van der Waals surface area contributed by atoms with Gasteiger partial charge in [0.2, 0.25) is 6.33 Å². The molecule has 2 aliphatic rings. The van der Waals surface area contributed by atoms with Crippen LogP contribution in [0.3, 0.4) is 0 Å². The Morgan fingerprint density at radius 3 is 1.06 bits per heavy atom. The van der Waals surface area contributed by atoms with Gasteiger partial charge in [-0.2, -0.15) is 0 Å². The van der Waals surface area contributed by atoms with Crippen LogP contribution in [0.25, 0.3) is 61.5 Å². The largest absolute Gasteiger partial charge is 0.657 e. The van der Waals surface area contributed by atoms with Gasteiger partial charge in [-0.15, -0.1) is 22.1 Å². The Balaban J connectivity index is 0.000000188. The average molecular weight is 1460 g/mol. The Labute approximate surface area is 523 Å². The zero-order valence-corrected chi connectivity index (χ0v) is 57.6. The van der Waals surface area contributed by atoms with E-state index in [0.29, 0.717) is 23.7 Å². The van der Waals surface area contributed by atoms with Gasteiger partial charge in [0.25, 0.3) is 0 Å². The van der Waals surface area contributed by atoms with Crippen LogP contribution in [0.15, 0.2) is 109 Å². The number of nitrogens with zero attached hydrogens (tertiary/aromatic N) is 6. The zero-order chi connectivity index (χ0) is 58.3. The third kappa shape index (κ3) is 12.8. The number of benzene rings is 6. The smallest absolute Gasteiger partial charge is 0.244 e. The summed E-state index contributed by atoms with van der Waals surface area (Å²) in [4.78, 5) is 11.9.